The molecule has 1 heterocycles. The average molecular weight is 613 g/mol. The number of alkyl carbamates (subject to hydrolysis) is 1. The van der Waals surface area contributed by atoms with Crippen molar-refractivity contribution in [3.8, 4) is 5.69 Å². The van der Waals surface area contributed by atoms with Crippen LogP contribution in [0.25, 0.3) is 5.69 Å². The Kier molecular flexibility index (Phi) is 10.1. The molecule has 198 valence electrons. The first-order valence-electron chi connectivity index (χ1n) is 11.7. The maximum Gasteiger partial charge on any atom is 0.410 e. The Bertz CT molecular complexity index is 1100. The first-order chi connectivity index (χ1) is 16.6. The van der Waals surface area contributed by atoms with Gasteiger partial charge in [0.2, 0.25) is 0 Å². The van der Waals surface area contributed by atoms with Crippen molar-refractivity contribution in [3.05, 3.63) is 50.1 Å². The summed E-state index contributed by atoms with van der Waals surface area (Å²) in [6.45, 7) is 12.1. The second-order valence-corrected chi connectivity index (χ2v) is 11.5. The molecule has 1 aromatic carbocycles. The highest BCUT2D eigenvalue weighted by molar-refractivity contribution is 14.1. The lowest BCUT2D eigenvalue weighted by Crippen LogP contribution is -2.40. The molecule has 10 nitrogen and oxygen atoms in total. The van der Waals surface area contributed by atoms with E-state index >= 15 is 0 Å². The average Bonchev–Trinajstić information content (AvgIpc) is 2.73. The summed E-state index contributed by atoms with van der Waals surface area (Å²) in [4.78, 5) is 42.3. The zero-order valence-electron chi connectivity index (χ0n) is 21.8. The molecule has 0 radical (unpaired) electrons. The number of rotatable bonds is 8. The minimum Gasteiger partial charge on any atom is -0.444 e. The van der Waals surface area contributed by atoms with E-state index in [0.29, 0.717) is 41.7 Å². The standard InChI is InChI=1S/C25H36IN5O5/c1-24(2,3)35-22(33)28-13-7-14-30(23(34)36-25(4,5)6)15-12-17-8-10-18(11-9-17)31-16-19(26)20(27)29-21(31)32/h8-11,16H,7,12-15H2,1-6H3,(H,28,33)(H2,27,29,32). The maximum atomic E-state index is 12.8. The van der Waals surface area contributed by atoms with Gasteiger partial charge >= 0.3 is 17.9 Å². The molecule has 2 amide bonds. The SMILES string of the molecule is CC(C)(C)OC(=O)NCCCN(CCc1ccc(-n2cc(I)c(N)nc2=O)cc1)C(=O)OC(C)(C)C. The van der Waals surface area contributed by atoms with Crippen LogP contribution in [-0.4, -0.2) is 57.5 Å². The number of nitrogens with two attached hydrogens (primary N) is 1. The normalized spacial score (nSPS) is 11.6. The molecule has 0 fully saturated rings. The molecule has 0 atom stereocenters. The second-order valence-electron chi connectivity index (χ2n) is 10.3. The number of amides is 2. The van der Waals surface area contributed by atoms with Crippen molar-refractivity contribution in [1.82, 2.24) is 19.8 Å². The van der Waals surface area contributed by atoms with E-state index in [1.54, 1.807) is 31.9 Å². The van der Waals surface area contributed by atoms with Crippen molar-refractivity contribution < 1.29 is 19.1 Å². The number of anilines is 1. The summed E-state index contributed by atoms with van der Waals surface area (Å²) < 4.78 is 12.9. The predicted octanol–water partition coefficient (Wildman–Crippen LogP) is 4.11. The van der Waals surface area contributed by atoms with E-state index in [-0.39, 0.29) is 5.82 Å². The summed E-state index contributed by atoms with van der Waals surface area (Å²) in [7, 11) is 0. The van der Waals surface area contributed by atoms with Crippen LogP contribution in [0, 0.1) is 3.57 Å². The number of carbonyl (C=O) groups is 2. The summed E-state index contributed by atoms with van der Waals surface area (Å²) in [6.07, 6.45) is 1.88. The third-order valence-electron chi connectivity index (χ3n) is 4.72. The summed E-state index contributed by atoms with van der Waals surface area (Å²) in [5.74, 6) is 0.206. The first kappa shape index (κ1) is 29.4. The molecular weight excluding hydrogens is 577 g/mol. The number of hydrogen-bond acceptors (Lipinski definition) is 7. The van der Waals surface area contributed by atoms with Gasteiger partial charge in [-0.1, -0.05) is 12.1 Å². The number of ether oxygens (including phenoxy) is 2. The van der Waals surface area contributed by atoms with Crippen LogP contribution in [0.1, 0.15) is 53.5 Å². The Morgan fingerprint density at radius 2 is 1.67 bits per heavy atom. The van der Waals surface area contributed by atoms with Crippen molar-refractivity contribution in [2.45, 2.75) is 65.6 Å². The van der Waals surface area contributed by atoms with Gasteiger partial charge in [-0.25, -0.2) is 14.4 Å². The molecule has 3 N–H and O–H groups in total. The molecule has 0 spiro atoms. The molecule has 0 bridgehead atoms. The molecule has 0 aliphatic heterocycles. The lowest BCUT2D eigenvalue weighted by Gasteiger charge is -2.27. The summed E-state index contributed by atoms with van der Waals surface area (Å²) >= 11 is 2.03. The number of carbonyl (C=O) groups excluding carboxylic acids is 2. The van der Waals surface area contributed by atoms with E-state index in [9.17, 15) is 14.4 Å². The van der Waals surface area contributed by atoms with Crippen LogP contribution in [0.2, 0.25) is 0 Å². The number of halogens is 1. The minimum atomic E-state index is -0.621. The predicted molar refractivity (Wildman–Crippen MR) is 147 cm³/mol. The van der Waals surface area contributed by atoms with Gasteiger partial charge in [0.25, 0.3) is 0 Å². The van der Waals surface area contributed by atoms with E-state index in [1.165, 1.54) is 4.57 Å². The molecule has 0 unspecified atom stereocenters. The van der Waals surface area contributed by atoms with Crippen LogP contribution in [0.4, 0.5) is 15.4 Å². The first-order valence-corrected chi connectivity index (χ1v) is 12.8. The molecule has 1 aromatic heterocycles. The topological polar surface area (TPSA) is 129 Å². The fourth-order valence-electron chi connectivity index (χ4n) is 3.11. The quantitative estimate of drug-likeness (QED) is 0.339. The monoisotopic (exact) mass is 613 g/mol. The van der Waals surface area contributed by atoms with Gasteiger partial charge in [-0.2, -0.15) is 4.98 Å². The highest BCUT2D eigenvalue weighted by Crippen LogP contribution is 2.15. The van der Waals surface area contributed by atoms with Crippen LogP contribution in [-0.2, 0) is 15.9 Å². The minimum absolute atomic E-state index is 0.206. The molecule has 2 aromatic rings. The number of nitrogen functional groups attached to an aromatic ring is 1. The number of nitrogens with one attached hydrogen (secondary N) is 1. The fraction of sp³-hybridized carbons (Fsp3) is 0.520. The highest BCUT2D eigenvalue weighted by Gasteiger charge is 2.22. The molecule has 0 aliphatic carbocycles. The summed E-state index contributed by atoms with van der Waals surface area (Å²) in [5.41, 5.74) is 5.73. The van der Waals surface area contributed by atoms with Gasteiger partial charge in [-0.3, -0.25) is 4.57 Å². The van der Waals surface area contributed by atoms with Gasteiger partial charge in [0.15, 0.2) is 0 Å². The van der Waals surface area contributed by atoms with Crippen molar-refractivity contribution in [1.29, 1.82) is 0 Å². The van der Waals surface area contributed by atoms with E-state index < -0.39 is 29.1 Å². The lowest BCUT2D eigenvalue weighted by molar-refractivity contribution is 0.0250. The second kappa shape index (κ2) is 12.4. The Labute approximate surface area is 225 Å². The van der Waals surface area contributed by atoms with Gasteiger partial charge in [-0.15, -0.1) is 0 Å². The number of hydrogen-bond donors (Lipinski definition) is 2. The van der Waals surface area contributed by atoms with E-state index in [4.69, 9.17) is 15.2 Å². The van der Waals surface area contributed by atoms with E-state index in [2.05, 4.69) is 10.3 Å². The fourth-order valence-corrected chi connectivity index (χ4v) is 3.51. The molecule has 0 saturated heterocycles. The van der Waals surface area contributed by atoms with Crippen LogP contribution in [0.5, 0.6) is 0 Å². The zero-order valence-corrected chi connectivity index (χ0v) is 23.9. The molecule has 11 heteroatoms. The lowest BCUT2D eigenvalue weighted by atomic mass is 10.1. The highest BCUT2D eigenvalue weighted by atomic mass is 127. The molecule has 36 heavy (non-hydrogen) atoms. The van der Waals surface area contributed by atoms with Gasteiger partial charge in [-0.05, 0) is 94.7 Å². The number of benzene rings is 1. The molecular formula is C25H36IN5O5. The van der Waals surface area contributed by atoms with Crippen LogP contribution < -0.4 is 16.7 Å². The Balaban J connectivity index is 2.01. The summed E-state index contributed by atoms with van der Waals surface area (Å²) in [6, 6.07) is 7.46. The van der Waals surface area contributed by atoms with Gasteiger partial charge < -0.3 is 25.4 Å². The van der Waals surface area contributed by atoms with Crippen molar-refractivity contribution in [2.24, 2.45) is 0 Å². The van der Waals surface area contributed by atoms with Crippen LogP contribution >= 0.6 is 22.6 Å². The summed E-state index contributed by atoms with van der Waals surface area (Å²) in [5, 5.41) is 2.71. The largest absolute Gasteiger partial charge is 0.444 e. The van der Waals surface area contributed by atoms with Crippen molar-refractivity contribution >= 4 is 40.6 Å². The molecule has 2 rings (SSSR count). The smallest absolute Gasteiger partial charge is 0.410 e. The van der Waals surface area contributed by atoms with Crippen LogP contribution in [0.15, 0.2) is 35.3 Å². The Morgan fingerprint density at radius 3 is 2.25 bits per heavy atom. The van der Waals surface area contributed by atoms with Crippen molar-refractivity contribution in [3.63, 3.8) is 0 Å². The molecule has 0 aliphatic rings. The number of nitrogens with zero attached hydrogens (tertiary/aromatic N) is 3. The Morgan fingerprint density at radius 1 is 1.06 bits per heavy atom. The third kappa shape index (κ3) is 10.0. The maximum absolute atomic E-state index is 12.8. The van der Waals surface area contributed by atoms with Gasteiger partial charge in [0.1, 0.15) is 17.0 Å². The number of aromatic nitrogens is 2. The molecule has 0 saturated carbocycles. The van der Waals surface area contributed by atoms with Gasteiger partial charge in [0.05, 0.1) is 9.26 Å². The van der Waals surface area contributed by atoms with Crippen molar-refractivity contribution in [2.75, 3.05) is 25.4 Å². The zero-order chi connectivity index (χ0) is 27.1. The van der Waals surface area contributed by atoms with E-state index in [1.807, 2.05) is 67.6 Å². The Hall–Kier alpha value is -2.83. The van der Waals surface area contributed by atoms with Gasteiger partial charge in [0, 0.05) is 25.8 Å². The van der Waals surface area contributed by atoms with Crippen LogP contribution in [0.3, 0.4) is 0 Å². The van der Waals surface area contributed by atoms with E-state index in [0.717, 1.165) is 5.56 Å². The third-order valence-corrected chi connectivity index (χ3v) is 5.55.